The molecule has 0 radical (unpaired) electrons. The Morgan fingerprint density at radius 2 is 1.95 bits per heavy atom. The Morgan fingerprint density at radius 3 is 2.63 bits per heavy atom. The Labute approximate surface area is 112 Å². The van der Waals surface area contributed by atoms with E-state index in [1.54, 1.807) is 12.3 Å². The van der Waals surface area contributed by atoms with E-state index in [1.165, 1.54) is 6.07 Å². The van der Waals surface area contributed by atoms with E-state index in [9.17, 15) is 4.39 Å². The van der Waals surface area contributed by atoms with E-state index in [2.05, 4.69) is 9.88 Å². The van der Waals surface area contributed by atoms with Crippen LogP contribution in [0, 0.1) is 5.82 Å². The average molecular weight is 259 g/mol. The molecule has 0 spiro atoms. The van der Waals surface area contributed by atoms with Crippen LogP contribution in [0.2, 0.25) is 0 Å². The molecule has 19 heavy (non-hydrogen) atoms. The maximum atomic E-state index is 13.7. The highest BCUT2D eigenvalue weighted by Crippen LogP contribution is 2.12. The molecule has 2 rings (SSSR count). The maximum Gasteiger partial charge on any atom is 0.127 e. The predicted molar refractivity (Wildman–Crippen MR) is 73.8 cm³/mol. The summed E-state index contributed by atoms with van der Waals surface area (Å²) in [4.78, 5) is 6.21. The van der Waals surface area contributed by atoms with Crippen molar-refractivity contribution >= 4 is 0 Å². The van der Waals surface area contributed by atoms with Gasteiger partial charge in [0.05, 0.1) is 0 Å². The fourth-order valence-corrected chi connectivity index (χ4v) is 2.01. The highest BCUT2D eigenvalue weighted by molar-refractivity contribution is 5.17. The summed E-state index contributed by atoms with van der Waals surface area (Å²) < 4.78 is 13.7. The first kappa shape index (κ1) is 13.6. The van der Waals surface area contributed by atoms with Crippen molar-refractivity contribution in [3.05, 3.63) is 65.7 Å². The molecule has 1 aromatic carbocycles. The number of benzene rings is 1. The van der Waals surface area contributed by atoms with E-state index in [0.717, 1.165) is 18.7 Å². The van der Waals surface area contributed by atoms with Gasteiger partial charge >= 0.3 is 0 Å². The first-order valence-corrected chi connectivity index (χ1v) is 6.34. The molecule has 0 bridgehead atoms. The van der Waals surface area contributed by atoms with Crippen LogP contribution in [-0.2, 0) is 13.1 Å². The van der Waals surface area contributed by atoms with Crippen LogP contribution in [0.3, 0.4) is 0 Å². The summed E-state index contributed by atoms with van der Waals surface area (Å²) in [6.45, 7) is 2.55. The molecule has 0 unspecified atom stereocenters. The summed E-state index contributed by atoms with van der Waals surface area (Å²) in [5, 5.41) is 0. The lowest BCUT2D eigenvalue weighted by Gasteiger charge is -2.21. The molecule has 0 fully saturated rings. The molecule has 0 aliphatic carbocycles. The summed E-state index contributed by atoms with van der Waals surface area (Å²) in [5.41, 5.74) is 7.42. The second-order valence-electron chi connectivity index (χ2n) is 4.45. The van der Waals surface area contributed by atoms with Crippen LogP contribution in [0.15, 0.2) is 48.8 Å². The van der Waals surface area contributed by atoms with Crippen molar-refractivity contribution < 1.29 is 4.39 Å². The van der Waals surface area contributed by atoms with Crippen LogP contribution in [0.25, 0.3) is 0 Å². The van der Waals surface area contributed by atoms with Crippen LogP contribution in [0.4, 0.5) is 4.39 Å². The molecule has 4 heteroatoms. The molecule has 0 aliphatic heterocycles. The zero-order valence-corrected chi connectivity index (χ0v) is 10.8. The van der Waals surface area contributed by atoms with Gasteiger partial charge in [0.1, 0.15) is 5.82 Å². The summed E-state index contributed by atoms with van der Waals surface area (Å²) >= 11 is 0. The Bertz CT molecular complexity index is 502. The molecule has 2 aromatic rings. The fourth-order valence-electron chi connectivity index (χ4n) is 2.01. The third-order valence-electron chi connectivity index (χ3n) is 2.93. The highest BCUT2D eigenvalue weighted by Gasteiger charge is 2.09. The minimum atomic E-state index is -0.171. The molecule has 1 aromatic heterocycles. The Kier molecular flexibility index (Phi) is 5.01. The van der Waals surface area contributed by atoms with Gasteiger partial charge in [-0.2, -0.15) is 0 Å². The molecule has 3 nitrogen and oxygen atoms in total. The minimum absolute atomic E-state index is 0.171. The van der Waals surface area contributed by atoms with Crippen LogP contribution < -0.4 is 5.73 Å². The molecule has 0 aliphatic rings. The van der Waals surface area contributed by atoms with Crippen LogP contribution in [-0.4, -0.2) is 23.0 Å². The van der Waals surface area contributed by atoms with Crippen molar-refractivity contribution in [3.8, 4) is 0 Å². The quantitative estimate of drug-likeness (QED) is 0.864. The number of nitrogens with two attached hydrogens (primary N) is 1. The van der Waals surface area contributed by atoms with Gasteiger partial charge in [0.15, 0.2) is 0 Å². The van der Waals surface area contributed by atoms with E-state index in [4.69, 9.17) is 5.73 Å². The first-order valence-electron chi connectivity index (χ1n) is 6.34. The summed E-state index contributed by atoms with van der Waals surface area (Å²) in [5.74, 6) is -0.171. The lowest BCUT2D eigenvalue weighted by Crippen LogP contribution is -2.29. The number of halogens is 1. The van der Waals surface area contributed by atoms with Crippen molar-refractivity contribution in [2.75, 3.05) is 13.1 Å². The molecule has 0 atom stereocenters. The van der Waals surface area contributed by atoms with Gasteiger partial charge in [-0.05, 0) is 17.7 Å². The topological polar surface area (TPSA) is 42.1 Å². The van der Waals surface area contributed by atoms with Crippen molar-refractivity contribution in [2.24, 2.45) is 5.73 Å². The van der Waals surface area contributed by atoms with Crippen molar-refractivity contribution in [2.45, 2.75) is 13.1 Å². The standard InChI is InChI=1S/C15H18FN3/c16-15-6-2-1-5-14(15)12-19(9-7-17)11-13-4-3-8-18-10-13/h1-6,8,10H,7,9,11-12,17H2. The van der Waals surface area contributed by atoms with Crippen molar-refractivity contribution in [1.29, 1.82) is 0 Å². The SMILES string of the molecule is NCCN(Cc1cccnc1)Cc1ccccc1F. The summed E-state index contributed by atoms with van der Waals surface area (Å²) in [6, 6.07) is 10.8. The second kappa shape index (κ2) is 6.97. The highest BCUT2D eigenvalue weighted by atomic mass is 19.1. The third-order valence-corrected chi connectivity index (χ3v) is 2.93. The Balaban J connectivity index is 2.06. The van der Waals surface area contributed by atoms with E-state index >= 15 is 0 Å². The van der Waals surface area contributed by atoms with Gasteiger partial charge in [-0.25, -0.2) is 4.39 Å². The molecule has 100 valence electrons. The molecule has 2 N–H and O–H groups in total. The normalized spacial score (nSPS) is 10.9. The number of nitrogens with zero attached hydrogens (tertiary/aromatic N) is 2. The third kappa shape index (κ3) is 4.12. The number of hydrogen-bond acceptors (Lipinski definition) is 3. The molecule has 0 saturated heterocycles. The van der Waals surface area contributed by atoms with Gasteiger partial charge < -0.3 is 5.73 Å². The van der Waals surface area contributed by atoms with E-state index in [0.29, 0.717) is 18.7 Å². The number of aromatic nitrogens is 1. The zero-order chi connectivity index (χ0) is 13.5. The van der Waals surface area contributed by atoms with Gasteiger partial charge in [0, 0.05) is 44.1 Å². The largest absolute Gasteiger partial charge is 0.329 e. The number of hydrogen-bond donors (Lipinski definition) is 1. The molecular formula is C15H18FN3. The van der Waals surface area contributed by atoms with E-state index < -0.39 is 0 Å². The summed E-state index contributed by atoms with van der Waals surface area (Å²) in [7, 11) is 0. The van der Waals surface area contributed by atoms with E-state index in [-0.39, 0.29) is 5.82 Å². The minimum Gasteiger partial charge on any atom is -0.329 e. The maximum absolute atomic E-state index is 13.7. The Hall–Kier alpha value is -1.78. The van der Waals surface area contributed by atoms with E-state index in [1.807, 2.05) is 30.5 Å². The van der Waals surface area contributed by atoms with Gasteiger partial charge in [0.2, 0.25) is 0 Å². The zero-order valence-electron chi connectivity index (χ0n) is 10.8. The number of rotatable bonds is 6. The molecule has 0 saturated carbocycles. The first-order chi connectivity index (χ1) is 9.29. The predicted octanol–water partition coefficient (Wildman–Crippen LogP) is 2.18. The smallest absolute Gasteiger partial charge is 0.127 e. The Morgan fingerprint density at radius 1 is 1.11 bits per heavy atom. The van der Waals surface area contributed by atoms with Crippen LogP contribution in [0.1, 0.15) is 11.1 Å². The molecule has 1 heterocycles. The van der Waals surface area contributed by atoms with Gasteiger partial charge in [-0.15, -0.1) is 0 Å². The lowest BCUT2D eigenvalue weighted by molar-refractivity contribution is 0.260. The van der Waals surface area contributed by atoms with Crippen LogP contribution >= 0.6 is 0 Å². The van der Waals surface area contributed by atoms with Gasteiger partial charge in [-0.1, -0.05) is 24.3 Å². The number of pyridine rings is 1. The molecular weight excluding hydrogens is 241 g/mol. The van der Waals surface area contributed by atoms with Crippen molar-refractivity contribution in [3.63, 3.8) is 0 Å². The van der Waals surface area contributed by atoms with Gasteiger partial charge in [0.25, 0.3) is 0 Å². The van der Waals surface area contributed by atoms with Crippen LogP contribution in [0.5, 0.6) is 0 Å². The summed E-state index contributed by atoms with van der Waals surface area (Å²) in [6.07, 6.45) is 3.57. The fraction of sp³-hybridized carbons (Fsp3) is 0.267. The lowest BCUT2D eigenvalue weighted by atomic mass is 10.2. The monoisotopic (exact) mass is 259 g/mol. The van der Waals surface area contributed by atoms with Crippen molar-refractivity contribution in [1.82, 2.24) is 9.88 Å². The van der Waals surface area contributed by atoms with Gasteiger partial charge in [-0.3, -0.25) is 9.88 Å². The average Bonchev–Trinajstić information content (AvgIpc) is 2.43. The second-order valence-corrected chi connectivity index (χ2v) is 4.45. The molecule has 0 amide bonds.